The minimum Gasteiger partial charge on any atom is -0.507 e. The number of carbonyl (C=O) groups excluding carboxylic acids is 1. The van der Waals surface area contributed by atoms with Gasteiger partial charge < -0.3 is 15.1 Å². The molecular formula is C18H18BrNO3. The third kappa shape index (κ3) is 2.70. The number of phenols is 2. The molecule has 0 spiro atoms. The molecule has 1 aliphatic rings. The molecule has 1 aliphatic heterocycles. The summed E-state index contributed by atoms with van der Waals surface area (Å²) in [5.41, 5.74) is 1.89. The summed E-state index contributed by atoms with van der Waals surface area (Å²) in [5.74, 6) is 0.0100. The number of halogens is 1. The zero-order valence-corrected chi connectivity index (χ0v) is 14.4. The van der Waals surface area contributed by atoms with E-state index in [1.165, 1.54) is 6.07 Å². The monoisotopic (exact) mass is 375 g/mol. The largest absolute Gasteiger partial charge is 0.507 e. The molecule has 4 nitrogen and oxygen atoms in total. The highest BCUT2D eigenvalue weighted by Gasteiger charge is 2.33. The number of aromatic hydroxyl groups is 2. The maximum Gasteiger partial charge on any atom is 0.258 e. The molecule has 120 valence electrons. The minimum atomic E-state index is -0.132. The third-order valence-electron chi connectivity index (χ3n) is 4.38. The standard InChI is InChI=1S/C18H18BrNO3/c1-2-11-8-9-20(18(23)12-6-4-3-5-7-12)17-15(11)13(21)10-14(22)16(17)19/h3-7,10-11,21-22H,2,8-9H2,1H3/t11-/m1/s1. The normalized spacial score (nSPS) is 17.0. The van der Waals surface area contributed by atoms with Crippen molar-refractivity contribution in [2.24, 2.45) is 0 Å². The number of hydrogen-bond acceptors (Lipinski definition) is 3. The summed E-state index contributed by atoms with van der Waals surface area (Å²) < 4.78 is 0.452. The Labute approximate surface area is 143 Å². The van der Waals surface area contributed by atoms with E-state index in [0.29, 0.717) is 22.3 Å². The van der Waals surface area contributed by atoms with Gasteiger partial charge in [-0.1, -0.05) is 25.1 Å². The summed E-state index contributed by atoms with van der Waals surface area (Å²) in [6.45, 7) is 2.62. The predicted octanol–water partition coefficient (Wildman–Crippen LogP) is 4.40. The van der Waals surface area contributed by atoms with Crippen molar-refractivity contribution in [2.45, 2.75) is 25.7 Å². The Hall–Kier alpha value is -2.01. The number of phenolic OH excluding ortho intramolecular Hbond substituents is 2. The summed E-state index contributed by atoms with van der Waals surface area (Å²) in [7, 11) is 0. The third-order valence-corrected chi connectivity index (χ3v) is 5.16. The van der Waals surface area contributed by atoms with E-state index in [1.54, 1.807) is 17.0 Å². The number of carbonyl (C=O) groups is 1. The molecule has 1 atom stereocenters. The van der Waals surface area contributed by atoms with E-state index in [-0.39, 0.29) is 23.3 Å². The number of hydrogen-bond donors (Lipinski definition) is 2. The molecule has 0 aliphatic carbocycles. The van der Waals surface area contributed by atoms with Crippen LogP contribution < -0.4 is 4.90 Å². The van der Waals surface area contributed by atoms with Gasteiger partial charge in [0.2, 0.25) is 0 Å². The van der Waals surface area contributed by atoms with E-state index in [0.717, 1.165) is 18.4 Å². The number of nitrogens with zero attached hydrogens (tertiary/aromatic N) is 1. The lowest BCUT2D eigenvalue weighted by Crippen LogP contribution is -2.37. The average Bonchev–Trinajstić information content (AvgIpc) is 2.58. The van der Waals surface area contributed by atoms with E-state index in [1.807, 2.05) is 18.2 Å². The molecule has 0 bridgehead atoms. The first-order valence-electron chi connectivity index (χ1n) is 7.65. The molecule has 0 fully saturated rings. The van der Waals surface area contributed by atoms with Crippen LogP contribution in [0.2, 0.25) is 0 Å². The van der Waals surface area contributed by atoms with Crippen molar-refractivity contribution >= 4 is 27.5 Å². The van der Waals surface area contributed by atoms with Crippen LogP contribution in [0, 0.1) is 0 Å². The van der Waals surface area contributed by atoms with E-state index < -0.39 is 0 Å². The first-order valence-corrected chi connectivity index (χ1v) is 8.45. The van der Waals surface area contributed by atoms with Gasteiger partial charge in [0, 0.05) is 23.7 Å². The zero-order chi connectivity index (χ0) is 16.6. The van der Waals surface area contributed by atoms with Crippen molar-refractivity contribution in [3.8, 4) is 11.5 Å². The summed E-state index contributed by atoms with van der Waals surface area (Å²) in [5, 5.41) is 20.4. The molecule has 3 rings (SSSR count). The van der Waals surface area contributed by atoms with Crippen molar-refractivity contribution in [1.82, 2.24) is 0 Å². The first-order chi connectivity index (χ1) is 11.0. The van der Waals surface area contributed by atoms with Gasteiger partial charge >= 0.3 is 0 Å². The van der Waals surface area contributed by atoms with Gasteiger partial charge in [0.15, 0.2) is 0 Å². The number of fused-ring (bicyclic) bond motifs is 1. The number of amides is 1. The van der Waals surface area contributed by atoms with E-state index in [9.17, 15) is 15.0 Å². The summed E-state index contributed by atoms with van der Waals surface area (Å²) in [4.78, 5) is 14.5. The number of benzene rings is 2. The molecule has 1 heterocycles. The van der Waals surface area contributed by atoms with Gasteiger partial charge in [-0.05, 0) is 46.8 Å². The number of rotatable bonds is 2. The van der Waals surface area contributed by atoms with Crippen molar-refractivity contribution < 1.29 is 15.0 Å². The Balaban J connectivity index is 2.15. The van der Waals surface area contributed by atoms with Gasteiger partial charge in [-0.3, -0.25) is 4.79 Å². The molecular weight excluding hydrogens is 358 g/mol. The van der Waals surface area contributed by atoms with Gasteiger partial charge in [0.25, 0.3) is 5.91 Å². The van der Waals surface area contributed by atoms with E-state index in [4.69, 9.17) is 0 Å². The van der Waals surface area contributed by atoms with E-state index in [2.05, 4.69) is 22.9 Å². The van der Waals surface area contributed by atoms with E-state index >= 15 is 0 Å². The SMILES string of the molecule is CC[C@@H]1CCN(C(=O)c2ccccc2)c2c(Br)c(O)cc(O)c21. The highest BCUT2D eigenvalue weighted by Crippen LogP contribution is 2.50. The lowest BCUT2D eigenvalue weighted by Gasteiger charge is -2.35. The molecule has 1 amide bonds. The second-order valence-corrected chi connectivity index (χ2v) is 6.50. The topological polar surface area (TPSA) is 60.8 Å². The van der Waals surface area contributed by atoms with Crippen LogP contribution >= 0.6 is 15.9 Å². The smallest absolute Gasteiger partial charge is 0.258 e. The fourth-order valence-corrected chi connectivity index (χ4v) is 3.73. The van der Waals surface area contributed by atoms with Gasteiger partial charge in [-0.2, -0.15) is 0 Å². The van der Waals surface area contributed by atoms with Crippen molar-refractivity contribution in [3.63, 3.8) is 0 Å². The molecule has 5 heteroatoms. The highest BCUT2D eigenvalue weighted by molar-refractivity contribution is 9.10. The van der Waals surface area contributed by atoms with Crippen LogP contribution in [0.3, 0.4) is 0 Å². The molecule has 2 N–H and O–H groups in total. The van der Waals surface area contributed by atoms with Crippen LogP contribution in [0.4, 0.5) is 5.69 Å². The van der Waals surface area contributed by atoms with Crippen LogP contribution in [0.1, 0.15) is 41.6 Å². The minimum absolute atomic E-state index is 0.0399. The number of anilines is 1. The van der Waals surface area contributed by atoms with Gasteiger partial charge in [0.1, 0.15) is 11.5 Å². The summed E-state index contributed by atoms with van der Waals surface area (Å²) >= 11 is 3.38. The van der Waals surface area contributed by atoms with Crippen LogP contribution in [-0.2, 0) is 0 Å². The molecule has 0 unspecified atom stereocenters. The van der Waals surface area contributed by atoms with Gasteiger partial charge in [0.05, 0.1) is 10.2 Å². The van der Waals surface area contributed by atoms with Crippen molar-refractivity contribution in [2.75, 3.05) is 11.4 Å². The maximum absolute atomic E-state index is 12.9. The predicted molar refractivity (Wildman–Crippen MR) is 93.2 cm³/mol. The molecule has 2 aromatic rings. The van der Waals surface area contributed by atoms with Gasteiger partial charge in [-0.25, -0.2) is 0 Å². The molecule has 0 radical (unpaired) electrons. The Morgan fingerprint density at radius 2 is 1.96 bits per heavy atom. The highest BCUT2D eigenvalue weighted by atomic mass is 79.9. The zero-order valence-electron chi connectivity index (χ0n) is 12.8. The molecule has 23 heavy (non-hydrogen) atoms. The maximum atomic E-state index is 12.9. The summed E-state index contributed by atoms with van der Waals surface area (Å²) in [6, 6.07) is 10.4. The summed E-state index contributed by atoms with van der Waals surface area (Å²) in [6.07, 6.45) is 1.65. The average molecular weight is 376 g/mol. The Kier molecular flexibility index (Phi) is 4.31. The van der Waals surface area contributed by atoms with Crippen molar-refractivity contribution in [3.05, 3.63) is 52.0 Å². The quantitative estimate of drug-likeness (QED) is 0.817. The molecule has 0 saturated heterocycles. The second kappa shape index (κ2) is 6.24. The molecule has 0 aromatic heterocycles. The Morgan fingerprint density at radius 3 is 2.61 bits per heavy atom. The van der Waals surface area contributed by atoms with Crippen LogP contribution in [-0.4, -0.2) is 22.7 Å². The lowest BCUT2D eigenvalue weighted by atomic mass is 9.86. The van der Waals surface area contributed by atoms with Gasteiger partial charge in [-0.15, -0.1) is 0 Å². The fourth-order valence-electron chi connectivity index (χ4n) is 3.19. The second-order valence-electron chi connectivity index (χ2n) is 5.71. The van der Waals surface area contributed by atoms with Crippen LogP contribution in [0.25, 0.3) is 0 Å². The lowest BCUT2D eigenvalue weighted by molar-refractivity contribution is 0.0984. The van der Waals surface area contributed by atoms with Crippen molar-refractivity contribution in [1.29, 1.82) is 0 Å². The Morgan fingerprint density at radius 1 is 1.26 bits per heavy atom. The fraction of sp³-hybridized carbons (Fsp3) is 0.278. The van der Waals surface area contributed by atoms with Crippen LogP contribution in [0.15, 0.2) is 40.9 Å². The molecule has 2 aromatic carbocycles. The van der Waals surface area contributed by atoms with Crippen LogP contribution in [0.5, 0.6) is 11.5 Å². The first kappa shape index (κ1) is 15.9. The Bertz CT molecular complexity index is 746. The molecule has 0 saturated carbocycles.